The topological polar surface area (TPSA) is 40.7 Å². The van der Waals surface area contributed by atoms with Crippen LogP contribution in [0.25, 0.3) is 11.3 Å². The van der Waals surface area contributed by atoms with Crippen LogP contribution in [0.2, 0.25) is 0 Å². The van der Waals surface area contributed by atoms with Crippen molar-refractivity contribution in [2.75, 3.05) is 6.54 Å². The Bertz CT molecular complexity index is 653. The summed E-state index contributed by atoms with van der Waals surface area (Å²) < 4.78 is 1.09. The van der Waals surface area contributed by atoms with Gasteiger partial charge in [0.1, 0.15) is 5.82 Å². The van der Waals surface area contributed by atoms with Crippen molar-refractivity contribution in [3.63, 3.8) is 0 Å². The van der Waals surface area contributed by atoms with Gasteiger partial charge in [0.15, 0.2) is 0 Å². The first-order valence-electron chi connectivity index (χ1n) is 7.05. The Labute approximate surface area is 126 Å². The lowest BCUT2D eigenvalue weighted by Gasteiger charge is -2.03. The van der Waals surface area contributed by atoms with Crippen LogP contribution in [0, 0.1) is 5.92 Å². The molecule has 0 amide bonds. The van der Waals surface area contributed by atoms with Crippen LogP contribution >= 0.6 is 15.9 Å². The summed E-state index contributed by atoms with van der Waals surface area (Å²) in [6, 6.07) is 8.50. The number of imidazole rings is 1. The van der Waals surface area contributed by atoms with Gasteiger partial charge in [-0.15, -0.1) is 0 Å². The number of rotatable bonds is 3. The number of hydrogen-bond donors (Lipinski definition) is 2. The van der Waals surface area contributed by atoms with Crippen LogP contribution in [0.15, 0.2) is 46.6 Å². The number of hydrogen-bond acceptors (Lipinski definition) is 2. The van der Waals surface area contributed by atoms with Crippen molar-refractivity contribution in [2.24, 2.45) is 5.92 Å². The van der Waals surface area contributed by atoms with Crippen LogP contribution in [0.5, 0.6) is 0 Å². The summed E-state index contributed by atoms with van der Waals surface area (Å²) in [5.41, 5.74) is 3.71. The number of nitrogens with one attached hydrogen (secondary N) is 2. The van der Waals surface area contributed by atoms with Crippen molar-refractivity contribution in [2.45, 2.75) is 18.9 Å². The molecule has 2 N–H and O–H groups in total. The van der Waals surface area contributed by atoms with Crippen LogP contribution < -0.4 is 5.32 Å². The van der Waals surface area contributed by atoms with Gasteiger partial charge in [-0.3, -0.25) is 0 Å². The van der Waals surface area contributed by atoms with Gasteiger partial charge in [-0.1, -0.05) is 39.7 Å². The highest BCUT2D eigenvalue weighted by Crippen LogP contribution is 2.39. The lowest BCUT2D eigenvalue weighted by molar-refractivity contribution is 0.669. The summed E-state index contributed by atoms with van der Waals surface area (Å²) in [4.78, 5) is 8.04. The summed E-state index contributed by atoms with van der Waals surface area (Å²) in [6.45, 7) is 1.02. The third-order valence-corrected chi connectivity index (χ3v) is 4.57. The molecule has 2 aromatic rings. The second-order valence-corrected chi connectivity index (χ2v) is 6.47. The van der Waals surface area contributed by atoms with E-state index in [-0.39, 0.29) is 6.04 Å². The Hall–Kier alpha value is -1.39. The molecule has 4 heteroatoms. The monoisotopic (exact) mass is 329 g/mol. The molecule has 1 atom stereocenters. The summed E-state index contributed by atoms with van der Waals surface area (Å²) in [5, 5.41) is 3.52. The molecule has 1 aromatic heterocycles. The Morgan fingerprint density at radius 1 is 1.15 bits per heavy atom. The fourth-order valence-electron chi connectivity index (χ4n) is 2.73. The van der Waals surface area contributed by atoms with E-state index >= 15 is 0 Å². The Balaban J connectivity index is 1.57. The molecule has 0 unspecified atom stereocenters. The molecule has 1 aliphatic heterocycles. The van der Waals surface area contributed by atoms with Gasteiger partial charge in [0, 0.05) is 22.8 Å². The molecule has 1 aromatic carbocycles. The molecule has 2 heterocycles. The molecular weight excluding hydrogens is 314 g/mol. The Morgan fingerprint density at radius 3 is 2.70 bits per heavy atom. The minimum Gasteiger partial charge on any atom is -0.346 e. The predicted molar refractivity (Wildman–Crippen MR) is 83.3 cm³/mol. The highest BCUT2D eigenvalue weighted by atomic mass is 79.9. The zero-order valence-corrected chi connectivity index (χ0v) is 12.7. The van der Waals surface area contributed by atoms with Gasteiger partial charge < -0.3 is 10.3 Å². The van der Waals surface area contributed by atoms with Gasteiger partial charge in [-0.2, -0.15) is 0 Å². The molecule has 1 saturated carbocycles. The number of aromatic nitrogens is 2. The lowest BCUT2D eigenvalue weighted by atomic mass is 10.1. The summed E-state index contributed by atoms with van der Waals surface area (Å²) in [5.74, 6) is 1.85. The van der Waals surface area contributed by atoms with Crippen molar-refractivity contribution >= 4 is 15.9 Å². The summed E-state index contributed by atoms with van der Waals surface area (Å²) in [6.07, 6.45) is 7.07. The molecule has 4 rings (SSSR count). The molecule has 3 nitrogen and oxygen atoms in total. The minimum absolute atomic E-state index is 0.245. The smallest absolute Gasteiger partial charge is 0.128 e. The number of H-pyrrole nitrogens is 1. The summed E-state index contributed by atoms with van der Waals surface area (Å²) in [7, 11) is 0. The van der Waals surface area contributed by atoms with Gasteiger partial charge in [0.05, 0.1) is 11.7 Å². The molecule has 1 aliphatic carbocycles. The third-order valence-electron chi connectivity index (χ3n) is 4.04. The highest BCUT2D eigenvalue weighted by molar-refractivity contribution is 9.10. The van der Waals surface area contributed by atoms with Crippen LogP contribution in [-0.2, 0) is 0 Å². The zero-order chi connectivity index (χ0) is 13.5. The highest BCUT2D eigenvalue weighted by Gasteiger charge is 2.30. The first-order chi connectivity index (χ1) is 9.79. The molecular formula is C16H16BrN3. The number of benzene rings is 1. The maximum absolute atomic E-state index is 4.73. The van der Waals surface area contributed by atoms with E-state index < -0.39 is 0 Å². The normalized spacial score (nSPS) is 22.1. The van der Waals surface area contributed by atoms with E-state index in [1.165, 1.54) is 12.8 Å². The largest absolute Gasteiger partial charge is 0.346 e. The van der Waals surface area contributed by atoms with Crippen molar-refractivity contribution in [3.8, 4) is 11.3 Å². The molecule has 2 aliphatic rings. The second kappa shape index (κ2) is 4.86. The molecule has 0 radical (unpaired) electrons. The van der Waals surface area contributed by atoms with Gasteiger partial charge in [0.2, 0.25) is 0 Å². The van der Waals surface area contributed by atoms with Gasteiger partial charge in [-0.05, 0) is 30.9 Å². The second-order valence-electron chi connectivity index (χ2n) is 5.55. The standard InChI is InChI=1S/C16H16BrN3/c17-13-5-3-11(4-6-13)15-9-19-16(20-15)14-7-12(8-18-14)10-1-2-10/h3-7,9-10,14,18H,1-2,8H2,(H,19,20)/t14-/m0/s1. The molecule has 20 heavy (non-hydrogen) atoms. The van der Waals surface area contributed by atoms with Crippen molar-refractivity contribution < 1.29 is 0 Å². The fraction of sp³-hybridized carbons (Fsp3) is 0.312. The Morgan fingerprint density at radius 2 is 1.95 bits per heavy atom. The van der Waals surface area contributed by atoms with E-state index in [4.69, 9.17) is 4.98 Å². The van der Waals surface area contributed by atoms with Crippen LogP contribution in [0.4, 0.5) is 0 Å². The first kappa shape index (κ1) is 12.4. The quantitative estimate of drug-likeness (QED) is 0.840. The van der Waals surface area contributed by atoms with E-state index in [9.17, 15) is 0 Å². The Kier molecular flexibility index (Phi) is 3.00. The zero-order valence-electron chi connectivity index (χ0n) is 11.1. The average Bonchev–Trinajstić information content (AvgIpc) is 3.01. The first-order valence-corrected chi connectivity index (χ1v) is 7.84. The lowest BCUT2D eigenvalue weighted by Crippen LogP contribution is -2.16. The molecule has 102 valence electrons. The third kappa shape index (κ3) is 2.34. The van der Waals surface area contributed by atoms with Gasteiger partial charge in [-0.25, -0.2) is 4.98 Å². The number of halogens is 1. The number of aromatic amines is 1. The van der Waals surface area contributed by atoms with E-state index in [0.717, 1.165) is 34.0 Å². The van der Waals surface area contributed by atoms with Crippen LogP contribution in [0.3, 0.4) is 0 Å². The molecule has 0 spiro atoms. The fourth-order valence-corrected chi connectivity index (χ4v) is 3.00. The van der Waals surface area contributed by atoms with E-state index in [0.29, 0.717) is 0 Å². The van der Waals surface area contributed by atoms with Crippen LogP contribution in [0.1, 0.15) is 24.7 Å². The molecule has 0 bridgehead atoms. The maximum atomic E-state index is 4.73. The van der Waals surface area contributed by atoms with E-state index in [1.807, 2.05) is 18.3 Å². The maximum Gasteiger partial charge on any atom is 0.128 e. The van der Waals surface area contributed by atoms with Gasteiger partial charge in [0.25, 0.3) is 0 Å². The molecule has 0 saturated heterocycles. The van der Waals surface area contributed by atoms with E-state index in [1.54, 1.807) is 5.57 Å². The average molecular weight is 330 g/mol. The van der Waals surface area contributed by atoms with Crippen molar-refractivity contribution in [1.29, 1.82) is 0 Å². The van der Waals surface area contributed by atoms with Gasteiger partial charge >= 0.3 is 0 Å². The SMILES string of the molecule is Brc1ccc(-c2c[nH]c([C@@H]3C=C(C4CC4)CN3)n2)cc1. The van der Waals surface area contributed by atoms with Crippen molar-refractivity contribution in [3.05, 3.63) is 52.4 Å². The summed E-state index contributed by atoms with van der Waals surface area (Å²) >= 11 is 3.46. The van der Waals surface area contributed by atoms with Crippen molar-refractivity contribution in [1.82, 2.24) is 15.3 Å². The van der Waals surface area contributed by atoms with Crippen LogP contribution in [-0.4, -0.2) is 16.5 Å². The predicted octanol–water partition coefficient (Wildman–Crippen LogP) is 3.82. The number of nitrogens with zero attached hydrogens (tertiary/aromatic N) is 1. The molecule has 1 fully saturated rings. The minimum atomic E-state index is 0.245. The van der Waals surface area contributed by atoms with E-state index in [2.05, 4.69) is 44.4 Å².